The van der Waals surface area contributed by atoms with Crippen LogP contribution < -0.4 is 0 Å². The quantitative estimate of drug-likeness (QED) is 0.179. The molecular formula is C52H33N3. The smallest absolute Gasteiger partial charge is 0.164 e. The molecule has 0 amide bonds. The number of fused-ring (bicyclic) bond motifs is 10. The summed E-state index contributed by atoms with van der Waals surface area (Å²) >= 11 is 0. The van der Waals surface area contributed by atoms with Crippen LogP contribution in [0, 0.1) is 0 Å². The zero-order valence-corrected chi connectivity index (χ0v) is 29.9. The lowest BCUT2D eigenvalue weighted by molar-refractivity contribution is 0.796. The van der Waals surface area contributed by atoms with Crippen molar-refractivity contribution in [3.05, 3.63) is 222 Å². The summed E-state index contributed by atoms with van der Waals surface area (Å²) < 4.78 is 0. The zero-order chi connectivity index (χ0) is 36.3. The summed E-state index contributed by atoms with van der Waals surface area (Å²) in [5, 5.41) is 0. The molecule has 0 saturated carbocycles. The Morgan fingerprint density at radius 3 is 1.13 bits per heavy atom. The first-order chi connectivity index (χ1) is 27.3. The second kappa shape index (κ2) is 12.4. The van der Waals surface area contributed by atoms with Gasteiger partial charge in [0, 0.05) is 16.7 Å². The van der Waals surface area contributed by atoms with Gasteiger partial charge in [-0.05, 0) is 66.8 Å². The third-order valence-electron chi connectivity index (χ3n) is 11.4. The lowest BCUT2D eigenvalue weighted by Gasteiger charge is -2.32. The molecule has 2 aliphatic rings. The molecule has 0 atom stereocenters. The summed E-state index contributed by atoms with van der Waals surface area (Å²) in [6.45, 7) is 0. The molecule has 2 aliphatic carbocycles. The van der Waals surface area contributed by atoms with Gasteiger partial charge in [0.1, 0.15) is 0 Å². The van der Waals surface area contributed by atoms with Gasteiger partial charge in [-0.1, -0.05) is 200 Å². The molecule has 0 aliphatic heterocycles. The van der Waals surface area contributed by atoms with E-state index in [1.807, 2.05) is 24.3 Å². The van der Waals surface area contributed by atoms with Gasteiger partial charge in [0.2, 0.25) is 0 Å². The molecule has 1 spiro atoms. The molecule has 0 unspecified atom stereocenters. The Kier molecular flexibility index (Phi) is 7.08. The number of aromatic nitrogens is 3. The third kappa shape index (κ3) is 4.66. The molecule has 3 heteroatoms. The average molecular weight is 700 g/mol. The molecule has 9 aromatic rings. The van der Waals surface area contributed by atoms with E-state index < -0.39 is 5.41 Å². The molecule has 0 N–H and O–H groups in total. The monoisotopic (exact) mass is 699 g/mol. The summed E-state index contributed by atoms with van der Waals surface area (Å²) in [6, 6.07) is 71.4. The van der Waals surface area contributed by atoms with Crippen LogP contribution in [0.1, 0.15) is 22.3 Å². The fraction of sp³-hybridized carbons (Fsp3) is 0.0192. The van der Waals surface area contributed by atoms with Crippen molar-refractivity contribution in [3.8, 4) is 78.7 Å². The third-order valence-corrected chi connectivity index (χ3v) is 11.4. The number of benzene rings is 8. The molecule has 1 heterocycles. The van der Waals surface area contributed by atoms with E-state index in [9.17, 15) is 0 Å². The van der Waals surface area contributed by atoms with Crippen LogP contribution in [0.3, 0.4) is 0 Å². The molecule has 0 radical (unpaired) electrons. The Hall–Kier alpha value is -7.23. The van der Waals surface area contributed by atoms with Gasteiger partial charge >= 0.3 is 0 Å². The van der Waals surface area contributed by atoms with Crippen LogP contribution in [0.4, 0.5) is 0 Å². The lowest BCUT2D eigenvalue weighted by atomic mass is 9.68. The molecule has 3 nitrogen and oxygen atoms in total. The second-order valence-electron chi connectivity index (χ2n) is 14.2. The molecule has 0 saturated heterocycles. The Labute approximate surface area is 320 Å². The summed E-state index contributed by atoms with van der Waals surface area (Å²) in [5.41, 5.74) is 17.2. The van der Waals surface area contributed by atoms with Crippen molar-refractivity contribution in [3.63, 3.8) is 0 Å². The van der Waals surface area contributed by atoms with Crippen molar-refractivity contribution in [2.45, 2.75) is 5.41 Å². The first-order valence-corrected chi connectivity index (χ1v) is 18.8. The van der Waals surface area contributed by atoms with Crippen LogP contribution in [0.25, 0.3) is 78.7 Å². The van der Waals surface area contributed by atoms with Crippen molar-refractivity contribution < 1.29 is 0 Å². The normalized spacial score (nSPS) is 12.9. The highest BCUT2D eigenvalue weighted by Gasteiger charge is 2.52. The van der Waals surface area contributed by atoms with Gasteiger partial charge in [0.15, 0.2) is 17.5 Å². The molecule has 11 rings (SSSR count). The van der Waals surface area contributed by atoms with Crippen molar-refractivity contribution in [2.24, 2.45) is 0 Å². The number of rotatable bonds is 5. The molecular weight excluding hydrogens is 667 g/mol. The van der Waals surface area contributed by atoms with Gasteiger partial charge in [0.05, 0.1) is 5.41 Å². The van der Waals surface area contributed by atoms with Gasteiger partial charge in [-0.3, -0.25) is 0 Å². The lowest BCUT2D eigenvalue weighted by Crippen LogP contribution is -2.26. The van der Waals surface area contributed by atoms with E-state index in [0.717, 1.165) is 33.4 Å². The van der Waals surface area contributed by atoms with E-state index in [4.69, 9.17) is 15.0 Å². The Morgan fingerprint density at radius 2 is 0.582 bits per heavy atom. The van der Waals surface area contributed by atoms with Crippen molar-refractivity contribution in [1.29, 1.82) is 0 Å². The van der Waals surface area contributed by atoms with E-state index in [-0.39, 0.29) is 0 Å². The summed E-state index contributed by atoms with van der Waals surface area (Å²) in [7, 11) is 0. The maximum atomic E-state index is 5.34. The Bertz CT molecular complexity index is 2870. The Balaban J connectivity index is 1.19. The van der Waals surface area contributed by atoms with Crippen LogP contribution in [-0.4, -0.2) is 15.0 Å². The van der Waals surface area contributed by atoms with Crippen LogP contribution in [0.5, 0.6) is 0 Å². The van der Waals surface area contributed by atoms with Crippen molar-refractivity contribution in [1.82, 2.24) is 15.0 Å². The predicted molar refractivity (Wildman–Crippen MR) is 223 cm³/mol. The second-order valence-corrected chi connectivity index (χ2v) is 14.2. The standard InChI is InChI=1S/C52H33N3/c1-3-18-34(19-4-1)36-22-7-9-27-43(36)50-53-49(35-20-5-2-6-21-35)54-51(55-50)44-28-10-8-23-37(44)41-29-17-30-42-40-26-13-16-33-47(40)52(48(41)42)45-31-14-11-24-38(45)39-25-12-15-32-46(39)52/h1-33H. The topological polar surface area (TPSA) is 38.7 Å². The minimum atomic E-state index is -0.489. The van der Waals surface area contributed by atoms with E-state index >= 15 is 0 Å². The SMILES string of the molecule is c1ccc(-c2nc(-c3ccccc3-c3ccccc3)nc(-c3ccccc3-c3cccc4c3C3(c5ccccc5-c5ccccc53)c3ccccc3-4)n2)cc1. The summed E-state index contributed by atoms with van der Waals surface area (Å²) in [4.78, 5) is 15.8. The van der Waals surface area contributed by atoms with E-state index in [1.54, 1.807) is 0 Å². The van der Waals surface area contributed by atoms with E-state index in [1.165, 1.54) is 50.1 Å². The van der Waals surface area contributed by atoms with E-state index in [2.05, 4.69) is 176 Å². The van der Waals surface area contributed by atoms with E-state index in [0.29, 0.717) is 17.5 Å². The largest absolute Gasteiger partial charge is 0.208 e. The molecule has 0 bridgehead atoms. The summed E-state index contributed by atoms with van der Waals surface area (Å²) in [5.74, 6) is 1.91. The fourth-order valence-electron chi connectivity index (χ4n) is 9.17. The molecule has 256 valence electrons. The van der Waals surface area contributed by atoms with Crippen LogP contribution >= 0.6 is 0 Å². The van der Waals surface area contributed by atoms with Gasteiger partial charge in [-0.15, -0.1) is 0 Å². The highest BCUT2D eigenvalue weighted by atomic mass is 15.0. The molecule has 8 aromatic carbocycles. The van der Waals surface area contributed by atoms with Crippen molar-refractivity contribution >= 4 is 0 Å². The van der Waals surface area contributed by atoms with Crippen molar-refractivity contribution in [2.75, 3.05) is 0 Å². The average Bonchev–Trinajstić information content (AvgIpc) is 3.74. The number of hydrogen-bond donors (Lipinski definition) is 0. The fourth-order valence-corrected chi connectivity index (χ4v) is 9.17. The molecule has 55 heavy (non-hydrogen) atoms. The summed E-state index contributed by atoms with van der Waals surface area (Å²) in [6.07, 6.45) is 0. The number of hydrogen-bond acceptors (Lipinski definition) is 3. The predicted octanol–water partition coefficient (Wildman–Crippen LogP) is 12.6. The van der Waals surface area contributed by atoms with Crippen LogP contribution in [-0.2, 0) is 5.41 Å². The first-order valence-electron chi connectivity index (χ1n) is 18.8. The maximum absolute atomic E-state index is 5.34. The minimum Gasteiger partial charge on any atom is -0.208 e. The highest BCUT2D eigenvalue weighted by Crippen LogP contribution is 2.64. The first kappa shape index (κ1) is 31.3. The molecule has 1 aromatic heterocycles. The molecule has 0 fully saturated rings. The van der Waals surface area contributed by atoms with Gasteiger partial charge in [-0.2, -0.15) is 0 Å². The van der Waals surface area contributed by atoms with Crippen LogP contribution in [0.2, 0.25) is 0 Å². The van der Waals surface area contributed by atoms with Gasteiger partial charge in [0.25, 0.3) is 0 Å². The minimum absolute atomic E-state index is 0.489. The number of nitrogens with zero attached hydrogens (tertiary/aromatic N) is 3. The maximum Gasteiger partial charge on any atom is 0.164 e. The van der Waals surface area contributed by atoms with Gasteiger partial charge in [-0.25, -0.2) is 15.0 Å². The Morgan fingerprint density at radius 1 is 0.236 bits per heavy atom. The van der Waals surface area contributed by atoms with Crippen LogP contribution in [0.15, 0.2) is 200 Å². The highest BCUT2D eigenvalue weighted by molar-refractivity contribution is 6.00. The van der Waals surface area contributed by atoms with Gasteiger partial charge < -0.3 is 0 Å². The zero-order valence-electron chi connectivity index (χ0n) is 29.9.